The lowest BCUT2D eigenvalue weighted by atomic mass is 10.3. The van der Waals surface area contributed by atoms with Crippen LogP contribution >= 0.6 is 0 Å². The van der Waals surface area contributed by atoms with Crippen LogP contribution in [0.25, 0.3) is 5.69 Å². The van der Waals surface area contributed by atoms with Crippen LogP contribution in [0.15, 0.2) is 30.3 Å². The number of aryl methyl sites for hydroxylation is 1. The zero-order valence-corrected chi connectivity index (χ0v) is 13.1. The molecule has 1 amide bonds. The van der Waals surface area contributed by atoms with Crippen molar-refractivity contribution in [3.8, 4) is 11.4 Å². The minimum absolute atomic E-state index is 0.0274. The molecule has 7 heteroatoms. The van der Waals surface area contributed by atoms with Gasteiger partial charge < -0.3 is 15.2 Å². The predicted octanol–water partition coefficient (Wildman–Crippen LogP) is 1.78. The number of hydrogen-bond donors (Lipinski definition) is 2. The monoisotopic (exact) mass is 317 g/mol. The molecule has 0 spiro atoms. The molecular formula is C16H19N3O4. The summed E-state index contributed by atoms with van der Waals surface area (Å²) >= 11 is 0. The van der Waals surface area contributed by atoms with Crippen molar-refractivity contribution in [2.24, 2.45) is 0 Å². The van der Waals surface area contributed by atoms with E-state index in [0.29, 0.717) is 18.7 Å². The van der Waals surface area contributed by atoms with Crippen molar-refractivity contribution in [1.82, 2.24) is 15.1 Å². The molecule has 0 atom stereocenters. The molecule has 0 fully saturated rings. The molecule has 1 aromatic heterocycles. The first kappa shape index (κ1) is 16.5. The maximum atomic E-state index is 12.0. The second kappa shape index (κ2) is 7.44. The van der Waals surface area contributed by atoms with Gasteiger partial charge in [-0.1, -0.05) is 0 Å². The fraction of sp³-hybridized carbons (Fsp3) is 0.312. The first-order valence-electron chi connectivity index (χ1n) is 7.22. The number of nitrogens with zero attached hydrogens (tertiary/aromatic N) is 2. The lowest BCUT2D eigenvalue weighted by Gasteiger charge is -2.05. The van der Waals surface area contributed by atoms with Gasteiger partial charge in [-0.3, -0.25) is 9.59 Å². The highest BCUT2D eigenvalue weighted by atomic mass is 16.5. The first-order chi connectivity index (χ1) is 11.0. The molecule has 0 saturated carbocycles. The summed E-state index contributed by atoms with van der Waals surface area (Å²) in [7, 11) is 1.60. The van der Waals surface area contributed by atoms with Crippen LogP contribution in [-0.4, -0.2) is 40.4 Å². The van der Waals surface area contributed by atoms with E-state index in [2.05, 4.69) is 10.4 Å². The predicted molar refractivity (Wildman–Crippen MR) is 84.1 cm³/mol. The zero-order valence-electron chi connectivity index (χ0n) is 13.1. The van der Waals surface area contributed by atoms with E-state index in [4.69, 9.17) is 9.84 Å². The van der Waals surface area contributed by atoms with Crippen LogP contribution in [0.4, 0.5) is 0 Å². The minimum atomic E-state index is -0.876. The van der Waals surface area contributed by atoms with Crippen molar-refractivity contribution in [3.63, 3.8) is 0 Å². The zero-order chi connectivity index (χ0) is 16.8. The Bertz CT molecular complexity index is 692. The fourth-order valence-electron chi connectivity index (χ4n) is 2.10. The third-order valence-electron chi connectivity index (χ3n) is 3.29. The van der Waals surface area contributed by atoms with E-state index in [1.54, 1.807) is 17.9 Å². The molecule has 1 aromatic carbocycles. The lowest BCUT2D eigenvalue weighted by Crippen LogP contribution is -2.25. The number of carbonyl (C=O) groups excluding carboxylic acids is 1. The molecule has 2 rings (SSSR count). The number of rotatable bonds is 7. The topological polar surface area (TPSA) is 93.5 Å². The van der Waals surface area contributed by atoms with E-state index < -0.39 is 5.97 Å². The summed E-state index contributed by atoms with van der Waals surface area (Å²) in [5, 5.41) is 15.5. The lowest BCUT2D eigenvalue weighted by molar-refractivity contribution is -0.137. The van der Waals surface area contributed by atoms with Gasteiger partial charge in [-0.2, -0.15) is 5.10 Å². The summed E-state index contributed by atoms with van der Waals surface area (Å²) < 4.78 is 6.79. The number of hydrogen-bond acceptors (Lipinski definition) is 4. The Morgan fingerprint density at radius 2 is 2.00 bits per heavy atom. The molecule has 23 heavy (non-hydrogen) atoms. The molecule has 2 aromatic rings. The van der Waals surface area contributed by atoms with E-state index in [1.165, 1.54) is 0 Å². The molecule has 1 heterocycles. The highest BCUT2D eigenvalue weighted by molar-refractivity contribution is 5.92. The van der Waals surface area contributed by atoms with Gasteiger partial charge in [-0.25, -0.2) is 4.68 Å². The van der Waals surface area contributed by atoms with E-state index in [-0.39, 0.29) is 12.3 Å². The Morgan fingerprint density at radius 3 is 2.61 bits per heavy atom. The Hall–Kier alpha value is -2.83. The van der Waals surface area contributed by atoms with E-state index in [1.807, 2.05) is 31.2 Å². The average molecular weight is 317 g/mol. The quantitative estimate of drug-likeness (QED) is 0.759. The molecule has 0 radical (unpaired) electrons. The number of aliphatic carboxylic acids is 1. The number of carboxylic acids is 1. The molecule has 0 unspecified atom stereocenters. The molecule has 0 aliphatic carbocycles. The summed E-state index contributed by atoms with van der Waals surface area (Å²) in [5.41, 5.74) is 1.95. The SMILES string of the molecule is COc1ccc(-n2nc(C(=O)NCCCC(=O)O)cc2C)cc1. The van der Waals surface area contributed by atoms with Gasteiger partial charge in [-0.15, -0.1) is 0 Å². The number of carboxylic acid groups (broad SMARTS) is 1. The van der Waals surface area contributed by atoms with Gasteiger partial charge in [0.25, 0.3) is 5.91 Å². The van der Waals surface area contributed by atoms with Crippen molar-refractivity contribution in [3.05, 3.63) is 41.7 Å². The second-order valence-electron chi connectivity index (χ2n) is 5.03. The average Bonchev–Trinajstić information content (AvgIpc) is 2.93. The van der Waals surface area contributed by atoms with Gasteiger partial charge in [-0.05, 0) is 43.7 Å². The molecule has 122 valence electrons. The number of carbonyl (C=O) groups is 2. The number of amides is 1. The van der Waals surface area contributed by atoms with Crippen LogP contribution in [0.3, 0.4) is 0 Å². The van der Waals surface area contributed by atoms with Crippen molar-refractivity contribution < 1.29 is 19.4 Å². The number of benzene rings is 1. The van der Waals surface area contributed by atoms with Crippen molar-refractivity contribution in [1.29, 1.82) is 0 Å². The van der Waals surface area contributed by atoms with Crippen molar-refractivity contribution >= 4 is 11.9 Å². The summed E-state index contributed by atoms with van der Waals surface area (Å²) in [6.45, 7) is 2.16. The Morgan fingerprint density at radius 1 is 1.30 bits per heavy atom. The van der Waals surface area contributed by atoms with Gasteiger partial charge in [0, 0.05) is 18.7 Å². The van der Waals surface area contributed by atoms with Gasteiger partial charge in [0.15, 0.2) is 5.69 Å². The normalized spacial score (nSPS) is 10.3. The fourth-order valence-corrected chi connectivity index (χ4v) is 2.10. The third kappa shape index (κ3) is 4.32. The molecule has 0 aliphatic heterocycles. The van der Waals surface area contributed by atoms with E-state index in [9.17, 15) is 9.59 Å². The van der Waals surface area contributed by atoms with Gasteiger partial charge in [0.1, 0.15) is 5.75 Å². The number of ether oxygens (including phenoxy) is 1. The standard InChI is InChI=1S/C16H19N3O4/c1-11-10-14(16(22)17-9-3-4-15(20)21)18-19(11)12-5-7-13(23-2)8-6-12/h5-8,10H,3-4,9H2,1-2H3,(H,17,22)(H,20,21). The molecule has 0 saturated heterocycles. The summed E-state index contributed by atoms with van der Waals surface area (Å²) in [6, 6.07) is 9.04. The Labute approximate surface area is 133 Å². The van der Waals surface area contributed by atoms with Crippen LogP contribution in [0.2, 0.25) is 0 Å². The summed E-state index contributed by atoms with van der Waals surface area (Å²) in [4.78, 5) is 22.5. The van der Waals surface area contributed by atoms with Crippen LogP contribution in [0.1, 0.15) is 29.0 Å². The third-order valence-corrected chi connectivity index (χ3v) is 3.29. The van der Waals surface area contributed by atoms with Crippen LogP contribution in [0, 0.1) is 6.92 Å². The second-order valence-corrected chi connectivity index (χ2v) is 5.03. The van der Waals surface area contributed by atoms with Crippen LogP contribution < -0.4 is 10.1 Å². The Balaban J connectivity index is 2.04. The van der Waals surface area contributed by atoms with Gasteiger partial charge in [0.05, 0.1) is 12.8 Å². The summed E-state index contributed by atoms with van der Waals surface area (Å²) in [6.07, 6.45) is 0.416. The maximum Gasteiger partial charge on any atom is 0.303 e. The largest absolute Gasteiger partial charge is 0.497 e. The number of methoxy groups -OCH3 is 1. The van der Waals surface area contributed by atoms with E-state index >= 15 is 0 Å². The Kier molecular flexibility index (Phi) is 5.35. The molecule has 2 N–H and O–H groups in total. The van der Waals surface area contributed by atoms with Crippen LogP contribution in [-0.2, 0) is 4.79 Å². The van der Waals surface area contributed by atoms with Gasteiger partial charge >= 0.3 is 5.97 Å². The highest BCUT2D eigenvalue weighted by Gasteiger charge is 2.13. The molecule has 7 nitrogen and oxygen atoms in total. The van der Waals surface area contributed by atoms with E-state index in [0.717, 1.165) is 17.1 Å². The van der Waals surface area contributed by atoms with Crippen LogP contribution in [0.5, 0.6) is 5.75 Å². The van der Waals surface area contributed by atoms with Crippen molar-refractivity contribution in [2.45, 2.75) is 19.8 Å². The van der Waals surface area contributed by atoms with Gasteiger partial charge in [0.2, 0.25) is 0 Å². The first-order valence-corrected chi connectivity index (χ1v) is 7.22. The maximum absolute atomic E-state index is 12.0. The summed E-state index contributed by atoms with van der Waals surface area (Å²) in [5.74, 6) is -0.445. The van der Waals surface area contributed by atoms with Crippen molar-refractivity contribution in [2.75, 3.05) is 13.7 Å². The molecule has 0 aliphatic rings. The number of nitrogens with one attached hydrogen (secondary N) is 1. The number of aromatic nitrogens is 2. The smallest absolute Gasteiger partial charge is 0.303 e. The highest BCUT2D eigenvalue weighted by Crippen LogP contribution is 2.16. The minimum Gasteiger partial charge on any atom is -0.497 e. The molecule has 0 bridgehead atoms. The molecular weight excluding hydrogens is 298 g/mol.